The molecule has 0 atom stereocenters. The average molecular weight is 329 g/mol. The van der Waals surface area contributed by atoms with Gasteiger partial charge in [-0.05, 0) is 49.6 Å². The topological polar surface area (TPSA) is 37.3 Å². The maximum atomic E-state index is 10.9. The van der Waals surface area contributed by atoms with Gasteiger partial charge in [-0.15, -0.1) is 11.3 Å². The Morgan fingerprint density at radius 3 is 2.50 bits per heavy atom. The lowest BCUT2D eigenvalue weighted by Gasteiger charge is -2.03. The molecule has 106 valence electrons. The van der Waals surface area contributed by atoms with Crippen LogP contribution in [0.5, 0.6) is 5.75 Å². The summed E-state index contributed by atoms with van der Waals surface area (Å²) in [6, 6.07) is 7.46. The second kappa shape index (κ2) is 6.61. The minimum Gasteiger partial charge on any atom is -0.505 e. The first-order valence-corrected chi connectivity index (χ1v) is 7.81. The van der Waals surface area contributed by atoms with E-state index in [2.05, 4.69) is 6.07 Å². The van der Waals surface area contributed by atoms with Crippen molar-refractivity contribution in [2.45, 2.75) is 26.2 Å². The second-order valence-electron chi connectivity index (χ2n) is 4.61. The summed E-state index contributed by atoms with van der Waals surface area (Å²) in [7, 11) is 0. The summed E-state index contributed by atoms with van der Waals surface area (Å²) in [5, 5.41) is 10.1. The van der Waals surface area contributed by atoms with Gasteiger partial charge in [0.1, 0.15) is 5.78 Å². The first kappa shape index (κ1) is 15.4. The highest BCUT2D eigenvalue weighted by Gasteiger charge is 2.10. The molecule has 0 radical (unpaired) electrons. The van der Waals surface area contributed by atoms with Crippen molar-refractivity contribution in [3.05, 3.63) is 39.2 Å². The number of hydrogen-bond acceptors (Lipinski definition) is 3. The van der Waals surface area contributed by atoms with Crippen LogP contribution >= 0.6 is 34.5 Å². The number of aryl methyl sites for hydroxylation is 1. The van der Waals surface area contributed by atoms with Crippen molar-refractivity contribution in [2.24, 2.45) is 0 Å². The van der Waals surface area contributed by atoms with Crippen LogP contribution in [0.15, 0.2) is 24.3 Å². The molecule has 0 amide bonds. The number of Topliss-reactive ketones (excluding diaryl/α,β-unsaturated/α-hetero) is 1. The Bertz CT molecular complexity index is 612. The first-order chi connectivity index (χ1) is 9.47. The van der Waals surface area contributed by atoms with Crippen LogP contribution < -0.4 is 0 Å². The minimum absolute atomic E-state index is 0.0877. The molecule has 1 aromatic carbocycles. The molecule has 0 unspecified atom stereocenters. The van der Waals surface area contributed by atoms with Gasteiger partial charge in [-0.2, -0.15) is 0 Å². The molecule has 0 aliphatic carbocycles. The molecule has 0 fully saturated rings. The number of benzene rings is 1. The number of thiophene rings is 1. The van der Waals surface area contributed by atoms with Gasteiger partial charge in [-0.25, -0.2) is 0 Å². The Kier molecular flexibility index (Phi) is 5.08. The molecule has 0 bridgehead atoms. The maximum absolute atomic E-state index is 10.9. The van der Waals surface area contributed by atoms with Crippen molar-refractivity contribution >= 4 is 40.3 Å². The highest BCUT2D eigenvalue weighted by Crippen LogP contribution is 2.38. The summed E-state index contributed by atoms with van der Waals surface area (Å²) in [5.74, 6) is 0.134. The van der Waals surface area contributed by atoms with Gasteiger partial charge in [0, 0.05) is 16.2 Å². The monoisotopic (exact) mass is 328 g/mol. The Balaban J connectivity index is 2.14. The van der Waals surface area contributed by atoms with Crippen molar-refractivity contribution in [1.82, 2.24) is 0 Å². The van der Waals surface area contributed by atoms with E-state index in [4.69, 9.17) is 23.2 Å². The summed E-state index contributed by atoms with van der Waals surface area (Å²) < 4.78 is 0. The Hall–Kier alpha value is -1.03. The summed E-state index contributed by atoms with van der Waals surface area (Å²) in [6.07, 6.45) is 2.38. The van der Waals surface area contributed by atoms with Crippen molar-refractivity contribution in [3.63, 3.8) is 0 Å². The predicted octanol–water partition coefficient (Wildman–Crippen LogP) is 5.34. The van der Waals surface area contributed by atoms with Gasteiger partial charge in [0.15, 0.2) is 5.75 Å². The van der Waals surface area contributed by atoms with Crippen LogP contribution in [-0.2, 0) is 11.2 Å². The Morgan fingerprint density at radius 1 is 1.25 bits per heavy atom. The number of rotatable bonds is 5. The summed E-state index contributed by atoms with van der Waals surface area (Å²) in [4.78, 5) is 13.2. The quantitative estimate of drug-likeness (QED) is 0.804. The van der Waals surface area contributed by atoms with Crippen molar-refractivity contribution in [2.75, 3.05) is 0 Å². The molecule has 1 aromatic heterocycles. The molecule has 20 heavy (non-hydrogen) atoms. The van der Waals surface area contributed by atoms with Crippen molar-refractivity contribution in [3.8, 4) is 16.2 Å². The molecule has 0 spiro atoms. The van der Waals surface area contributed by atoms with Crippen LogP contribution in [0.3, 0.4) is 0 Å². The SMILES string of the molecule is CC(=O)CCCc1ccc(-c2cc(Cl)c(O)c(Cl)c2)s1. The number of halogens is 2. The molecule has 0 saturated carbocycles. The molecular formula is C15H14Cl2O2S. The molecule has 2 rings (SSSR count). The molecular weight excluding hydrogens is 315 g/mol. The number of phenols is 1. The van der Waals surface area contributed by atoms with Gasteiger partial charge in [0.05, 0.1) is 10.0 Å². The smallest absolute Gasteiger partial charge is 0.152 e. The van der Waals surface area contributed by atoms with Crippen molar-refractivity contribution < 1.29 is 9.90 Å². The lowest BCUT2D eigenvalue weighted by molar-refractivity contribution is -0.117. The predicted molar refractivity (Wildman–Crippen MR) is 85.1 cm³/mol. The fourth-order valence-electron chi connectivity index (χ4n) is 1.89. The van der Waals surface area contributed by atoms with Gasteiger partial charge in [-0.1, -0.05) is 23.2 Å². The van der Waals surface area contributed by atoms with Gasteiger partial charge in [0.25, 0.3) is 0 Å². The summed E-state index contributed by atoms with van der Waals surface area (Å²) in [5.41, 5.74) is 0.889. The Morgan fingerprint density at radius 2 is 1.90 bits per heavy atom. The van der Waals surface area contributed by atoms with E-state index in [-0.39, 0.29) is 21.6 Å². The lowest BCUT2D eigenvalue weighted by atomic mass is 10.1. The van der Waals surface area contributed by atoms with Gasteiger partial charge >= 0.3 is 0 Å². The van der Waals surface area contributed by atoms with Crippen LogP contribution in [0, 0.1) is 0 Å². The van der Waals surface area contributed by atoms with E-state index in [9.17, 15) is 9.90 Å². The molecule has 1 N–H and O–H groups in total. The standard InChI is InChI=1S/C15H14Cl2O2S/c1-9(18)3-2-4-11-5-6-14(20-11)10-7-12(16)15(19)13(17)8-10/h5-8,19H,2-4H2,1H3. The third-order valence-electron chi connectivity index (χ3n) is 2.92. The number of aromatic hydroxyl groups is 1. The molecule has 5 heteroatoms. The van der Waals surface area contributed by atoms with Crippen LogP contribution in [0.1, 0.15) is 24.6 Å². The van der Waals surface area contributed by atoms with Gasteiger partial charge in [0.2, 0.25) is 0 Å². The fourth-order valence-corrected chi connectivity index (χ4v) is 3.41. The zero-order valence-corrected chi connectivity index (χ0v) is 13.3. The molecule has 0 aliphatic heterocycles. The van der Waals surface area contributed by atoms with Crippen LogP contribution in [0.25, 0.3) is 10.4 Å². The molecule has 1 heterocycles. The van der Waals surface area contributed by atoms with Crippen molar-refractivity contribution in [1.29, 1.82) is 0 Å². The second-order valence-corrected chi connectivity index (χ2v) is 6.59. The third-order valence-corrected chi connectivity index (χ3v) is 4.69. The van der Waals surface area contributed by atoms with Crippen LogP contribution in [-0.4, -0.2) is 10.9 Å². The molecule has 0 saturated heterocycles. The molecule has 2 aromatic rings. The number of phenolic OH excluding ortho intramolecular Hbond substituents is 1. The zero-order chi connectivity index (χ0) is 14.7. The van der Waals surface area contributed by atoms with E-state index < -0.39 is 0 Å². The van der Waals surface area contributed by atoms with E-state index in [1.54, 1.807) is 30.4 Å². The van der Waals surface area contributed by atoms with Gasteiger partial charge < -0.3 is 9.90 Å². The third kappa shape index (κ3) is 3.75. The van der Waals surface area contributed by atoms with E-state index in [1.165, 1.54) is 4.88 Å². The first-order valence-electron chi connectivity index (χ1n) is 6.24. The zero-order valence-electron chi connectivity index (χ0n) is 11.0. The maximum Gasteiger partial charge on any atom is 0.152 e. The van der Waals surface area contributed by atoms with E-state index >= 15 is 0 Å². The number of carbonyl (C=O) groups is 1. The van der Waals surface area contributed by atoms with E-state index in [0.717, 1.165) is 23.3 Å². The minimum atomic E-state index is -0.0877. The summed E-state index contributed by atoms with van der Waals surface area (Å²) >= 11 is 13.5. The number of ketones is 1. The van der Waals surface area contributed by atoms with Gasteiger partial charge in [-0.3, -0.25) is 0 Å². The highest BCUT2D eigenvalue weighted by molar-refractivity contribution is 7.15. The van der Waals surface area contributed by atoms with E-state index in [1.807, 2.05) is 6.07 Å². The molecule has 2 nitrogen and oxygen atoms in total. The summed E-state index contributed by atoms with van der Waals surface area (Å²) in [6.45, 7) is 1.61. The number of hydrogen-bond donors (Lipinski definition) is 1. The average Bonchev–Trinajstić information content (AvgIpc) is 2.83. The highest BCUT2D eigenvalue weighted by atomic mass is 35.5. The van der Waals surface area contributed by atoms with Crippen LogP contribution in [0.2, 0.25) is 10.0 Å². The van der Waals surface area contributed by atoms with E-state index in [0.29, 0.717) is 6.42 Å². The fraction of sp³-hybridized carbons (Fsp3) is 0.267. The number of carbonyl (C=O) groups excluding carboxylic acids is 1. The Labute approximate surface area is 132 Å². The lowest BCUT2D eigenvalue weighted by Crippen LogP contribution is -1.90. The largest absolute Gasteiger partial charge is 0.505 e. The normalized spacial score (nSPS) is 10.8. The van der Waals surface area contributed by atoms with Crippen LogP contribution in [0.4, 0.5) is 0 Å². The molecule has 0 aliphatic rings.